The van der Waals surface area contributed by atoms with E-state index in [1.165, 1.54) is 0 Å². The molecule has 0 bridgehead atoms. The van der Waals surface area contributed by atoms with E-state index in [1.807, 2.05) is 0 Å². The zero-order chi connectivity index (χ0) is 13.7. The quantitative estimate of drug-likeness (QED) is 0.492. The number of hydrogen-bond donors (Lipinski definition) is 0. The fourth-order valence-corrected chi connectivity index (χ4v) is 1.76. The van der Waals surface area contributed by atoms with Crippen LogP contribution in [0.2, 0.25) is 0 Å². The summed E-state index contributed by atoms with van der Waals surface area (Å²) in [6.07, 6.45) is 2.51. The smallest absolute Gasteiger partial charge is 0.316 e. The number of ether oxygens (including phenoxy) is 1. The minimum atomic E-state index is -0.888. The standard InChI is InChI=1S/C14H22O4/c1-4-18-14(17)11(8-12(15)9(2)3)13(16)7-10-5-6-10/h9-11H,4-8H2,1-3H3. The van der Waals surface area contributed by atoms with Crippen LogP contribution in [-0.4, -0.2) is 24.1 Å². The van der Waals surface area contributed by atoms with Crippen LogP contribution < -0.4 is 0 Å². The molecule has 0 aromatic heterocycles. The van der Waals surface area contributed by atoms with Crippen molar-refractivity contribution >= 4 is 17.5 Å². The van der Waals surface area contributed by atoms with Gasteiger partial charge < -0.3 is 4.74 Å². The highest BCUT2D eigenvalue weighted by Gasteiger charge is 2.34. The molecular weight excluding hydrogens is 232 g/mol. The molecule has 4 nitrogen and oxygen atoms in total. The molecule has 1 atom stereocenters. The van der Waals surface area contributed by atoms with Gasteiger partial charge in [0.2, 0.25) is 0 Å². The Morgan fingerprint density at radius 2 is 1.78 bits per heavy atom. The van der Waals surface area contributed by atoms with Crippen LogP contribution in [0.5, 0.6) is 0 Å². The molecule has 0 aliphatic heterocycles. The maximum atomic E-state index is 12.0. The average molecular weight is 254 g/mol. The van der Waals surface area contributed by atoms with Gasteiger partial charge in [0, 0.05) is 18.8 Å². The van der Waals surface area contributed by atoms with Crippen molar-refractivity contribution in [1.29, 1.82) is 0 Å². The van der Waals surface area contributed by atoms with Crippen molar-refractivity contribution in [2.24, 2.45) is 17.8 Å². The molecule has 1 unspecified atom stereocenters. The molecule has 0 radical (unpaired) electrons. The van der Waals surface area contributed by atoms with Gasteiger partial charge in [-0.05, 0) is 25.7 Å². The van der Waals surface area contributed by atoms with Crippen LogP contribution in [0.15, 0.2) is 0 Å². The number of hydrogen-bond acceptors (Lipinski definition) is 4. The Hall–Kier alpha value is -1.19. The number of esters is 1. The Morgan fingerprint density at radius 3 is 2.22 bits per heavy atom. The lowest BCUT2D eigenvalue weighted by molar-refractivity contribution is -0.153. The fraction of sp³-hybridized carbons (Fsp3) is 0.786. The third kappa shape index (κ3) is 4.59. The first-order chi connectivity index (χ1) is 8.45. The van der Waals surface area contributed by atoms with Crippen LogP contribution in [0.25, 0.3) is 0 Å². The summed E-state index contributed by atoms with van der Waals surface area (Å²) in [4.78, 5) is 35.5. The van der Waals surface area contributed by atoms with E-state index in [1.54, 1.807) is 20.8 Å². The lowest BCUT2D eigenvalue weighted by atomic mass is 9.91. The van der Waals surface area contributed by atoms with Crippen molar-refractivity contribution in [2.75, 3.05) is 6.61 Å². The van der Waals surface area contributed by atoms with Crippen LogP contribution in [0, 0.1) is 17.8 Å². The molecule has 0 aromatic carbocycles. The zero-order valence-corrected chi connectivity index (χ0v) is 11.4. The van der Waals surface area contributed by atoms with Crippen molar-refractivity contribution in [2.45, 2.75) is 46.5 Å². The highest BCUT2D eigenvalue weighted by atomic mass is 16.5. The maximum Gasteiger partial charge on any atom is 0.316 e. The van der Waals surface area contributed by atoms with Crippen molar-refractivity contribution in [3.8, 4) is 0 Å². The highest BCUT2D eigenvalue weighted by Crippen LogP contribution is 2.34. The van der Waals surface area contributed by atoms with E-state index in [-0.39, 0.29) is 30.5 Å². The number of Topliss-reactive ketones (excluding diaryl/α,β-unsaturated/α-hetero) is 2. The normalized spacial score (nSPS) is 16.4. The van der Waals surface area contributed by atoms with Crippen molar-refractivity contribution in [1.82, 2.24) is 0 Å². The number of ketones is 2. The van der Waals surface area contributed by atoms with Gasteiger partial charge in [-0.1, -0.05) is 13.8 Å². The summed E-state index contributed by atoms with van der Waals surface area (Å²) >= 11 is 0. The van der Waals surface area contributed by atoms with Gasteiger partial charge in [-0.3, -0.25) is 14.4 Å². The molecule has 0 N–H and O–H groups in total. The van der Waals surface area contributed by atoms with E-state index >= 15 is 0 Å². The van der Waals surface area contributed by atoms with Gasteiger partial charge in [0.1, 0.15) is 17.5 Å². The van der Waals surface area contributed by atoms with Crippen molar-refractivity contribution in [3.05, 3.63) is 0 Å². The van der Waals surface area contributed by atoms with E-state index in [2.05, 4.69) is 0 Å². The first kappa shape index (κ1) is 14.9. The van der Waals surface area contributed by atoms with Gasteiger partial charge in [0.25, 0.3) is 0 Å². The molecule has 0 saturated heterocycles. The SMILES string of the molecule is CCOC(=O)C(CC(=O)C(C)C)C(=O)CC1CC1. The summed E-state index contributed by atoms with van der Waals surface area (Å²) in [5.74, 6) is -1.36. The molecule has 0 spiro atoms. The molecule has 0 heterocycles. The summed E-state index contributed by atoms with van der Waals surface area (Å²) in [7, 11) is 0. The van der Waals surface area contributed by atoms with E-state index in [9.17, 15) is 14.4 Å². The fourth-order valence-electron chi connectivity index (χ4n) is 1.76. The summed E-state index contributed by atoms with van der Waals surface area (Å²) in [6.45, 7) is 5.48. The third-order valence-corrected chi connectivity index (χ3v) is 3.20. The predicted molar refractivity (Wildman–Crippen MR) is 66.9 cm³/mol. The van der Waals surface area contributed by atoms with Crippen LogP contribution in [0.3, 0.4) is 0 Å². The van der Waals surface area contributed by atoms with Crippen molar-refractivity contribution in [3.63, 3.8) is 0 Å². The van der Waals surface area contributed by atoms with Crippen LogP contribution in [-0.2, 0) is 19.1 Å². The lowest BCUT2D eigenvalue weighted by Crippen LogP contribution is -2.30. The van der Waals surface area contributed by atoms with Crippen LogP contribution in [0.4, 0.5) is 0 Å². The molecule has 1 rings (SSSR count). The summed E-state index contributed by atoms with van der Waals surface area (Å²) in [5.41, 5.74) is 0. The molecule has 4 heteroatoms. The van der Waals surface area contributed by atoms with E-state index in [0.29, 0.717) is 12.3 Å². The molecule has 18 heavy (non-hydrogen) atoms. The lowest BCUT2D eigenvalue weighted by Gasteiger charge is -2.14. The molecule has 1 saturated carbocycles. The summed E-state index contributed by atoms with van der Waals surface area (Å²) in [5, 5.41) is 0. The van der Waals surface area contributed by atoms with Gasteiger partial charge in [-0.25, -0.2) is 0 Å². The topological polar surface area (TPSA) is 60.4 Å². The molecule has 1 aliphatic rings. The Morgan fingerprint density at radius 1 is 1.17 bits per heavy atom. The molecule has 0 amide bonds. The Bertz CT molecular complexity index is 329. The molecule has 1 fully saturated rings. The highest BCUT2D eigenvalue weighted by molar-refractivity contribution is 6.02. The second kappa shape index (κ2) is 6.66. The largest absolute Gasteiger partial charge is 0.465 e. The summed E-state index contributed by atoms with van der Waals surface area (Å²) < 4.78 is 4.90. The second-order valence-corrected chi connectivity index (χ2v) is 5.24. The number of carbonyl (C=O) groups is 3. The number of carbonyl (C=O) groups excluding carboxylic acids is 3. The number of rotatable bonds is 8. The average Bonchev–Trinajstić information content (AvgIpc) is 3.09. The Balaban J connectivity index is 2.63. The first-order valence-electron chi connectivity index (χ1n) is 6.67. The Labute approximate surface area is 108 Å². The maximum absolute atomic E-state index is 12.0. The summed E-state index contributed by atoms with van der Waals surface area (Å²) in [6, 6.07) is 0. The van der Waals surface area contributed by atoms with Crippen LogP contribution >= 0.6 is 0 Å². The molecular formula is C14H22O4. The van der Waals surface area contributed by atoms with Gasteiger partial charge in [0.05, 0.1) is 6.61 Å². The monoisotopic (exact) mass is 254 g/mol. The molecule has 0 aromatic rings. The van der Waals surface area contributed by atoms with Gasteiger partial charge in [0.15, 0.2) is 0 Å². The van der Waals surface area contributed by atoms with E-state index in [4.69, 9.17) is 4.74 Å². The minimum absolute atomic E-state index is 0.0119. The second-order valence-electron chi connectivity index (χ2n) is 5.24. The van der Waals surface area contributed by atoms with E-state index < -0.39 is 11.9 Å². The van der Waals surface area contributed by atoms with Crippen LogP contribution in [0.1, 0.15) is 46.5 Å². The van der Waals surface area contributed by atoms with Gasteiger partial charge in [-0.2, -0.15) is 0 Å². The predicted octanol–water partition coefficient (Wildman–Crippen LogP) is 2.15. The van der Waals surface area contributed by atoms with Crippen molar-refractivity contribution < 1.29 is 19.1 Å². The van der Waals surface area contributed by atoms with Gasteiger partial charge in [-0.15, -0.1) is 0 Å². The molecule has 1 aliphatic carbocycles. The first-order valence-corrected chi connectivity index (χ1v) is 6.67. The van der Waals surface area contributed by atoms with Gasteiger partial charge >= 0.3 is 5.97 Å². The third-order valence-electron chi connectivity index (χ3n) is 3.20. The molecule has 102 valence electrons. The minimum Gasteiger partial charge on any atom is -0.465 e. The van der Waals surface area contributed by atoms with E-state index in [0.717, 1.165) is 12.8 Å². The zero-order valence-electron chi connectivity index (χ0n) is 11.4. The Kier molecular flexibility index (Phi) is 5.51.